The molecular formula is C20H24ClNO. The lowest BCUT2D eigenvalue weighted by Gasteiger charge is -2.23. The molecule has 0 amide bonds. The van der Waals surface area contributed by atoms with Crippen molar-refractivity contribution in [1.82, 2.24) is 4.90 Å². The molecule has 0 radical (unpaired) electrons. The first kappa shape index (κ1) is 16.4. The number of rotatable bonds is 8. The zero-order valence-electron chi connectivity index (χ0n) is 13.6. The van der Waals surface area contributed by atoms with E-state index >= 15 is 0 Å². The Bertz CT molecular complexity index is 612. The summed E-state index contributed by atoms with van der Waals surface area (Å²) in [5.74, 6) is 1.51. The van der Waals surface area contributed by atoms with E-state index < -0.39 is 0 Å². The van der Waals surface area contributed by atoms with Gasteiger partial charge in [0.2, 0.25) is 0 Å². The lowest BCUT2D eigenvalue weighted by molar-refractivity contribution is 0.149. The fourth-order valence-electron chi connectivity index (χ4n) is 2.88. The first-order valence-electron chi connectivity index (χ1n) is 8.36. The van der Waals surface area contributed by atoms with Gasteiger partial charge in [-0.15, -0.1) is 0 Å². The van der Waals surface area contributed by atoms with Crippen molar-refractivity contribution in [2.24, 2.45) is 5.92 Å². The van der Waals surface area contributed by atoms with Crippen LogP contribution in [0, 0.1) is 5.92 Å². The first-order valence-corrected chi connectivity index (χ1v) is 8.74. The van der Waals surface area contributed by atoms with Gasteiger partial charge in [-0.05, 0) is 49.9 Å². The van der Waals surface area contributed by atoms with Crippen LogP contribution >= 0.6 is 11.6 Å². The molecule has 0 aliphatic heterocycles. The molecule has 3 rings (SSSR count). The van der Waals surface area contributed by atoms with Gasteiger partial charge in [0.25, 0.3) is 0 Å². The summed E-state index contributed by atoms with van der Waals surface area (Å²) >= 11 is 6.23. The van der Waals surface area contributed by atoms with E-state index in [1.165, 1.54) is 18.4 Å². The third-order valence-corrected chi connectivity index (χ3v) is 4.67. The monoisotopic (exact) mass is 329 g/mol. The van der Waals surface area contributed by atoms with E-state index in [4.69, 9.17) is 16.3 Å². The van der Waals surface area contributed by atoms with Crippen LogP contribution in [0.1, 0.15) is 24.8 Å². The van der Waals surface area contributed by atoms with Gasteiger partial charge in [-0.3, -0.25) is 0 Å². The van der Waals surface area contributed by atoms with Crippen molar-refractivity contribution >= 4 is 11.6 Å². The molecule has 0 bridgehead atoms. The van der Waals surface area contributed by atoms with E-state index in [0.29, 0.717) is 10.9 Å². The van der Waals surface area contributed by atoms with Gasteiger partial charge in [0.1, 0.15) is 11.9 Å². The molecule has 1 saturated carbocycles. The largest absolute Gasteiger partial charge is 0.489 e. The smallest absolute Gasteiger partial charge is 0.138 e. The molecule has 1 aliphatic rings. The average Bonchev–Trinajstić information content (AvgIpc) is 3.39. The zero-order chi connectivity index (χ0) is 16.1. The van der Waals surface area contributed by atoms with Gasteiger partial charge in [-0.1, -0.05) is 54.1 Å². The molecule has 23 heavy (non-hydrogen) atoms. The fourth-order valence-corrected chi connectivity index (χ4v) is 3.06. The molecule has 0 aromatic heterocycles. The van der Waals surface area contributed by atoms with Crippen LogP contribution in [0.3, 0.4) is 0 Å². The Balaban J connectivity index is 1.53. The van der Waals surface area contributed by atoms with Gasteiger partial charge in [-0.25, -0.2) is 0 Å². The van der Waals surface area contributed by atoms with Crippen molar-refractivity contribution in [3.8, 4) is 5.75 Å². The van der Waals surface area contributed by atoms with E-state index in [9.17, 15) is 0 Å². The van der Waals surface area contributed by atoms with Gasteiger partial charge < -0.3 is 9.64 Å². The molecule has 122 valence electrons. The first-order chi connectivity index (χ1) is 11.2. The summed E-state index contributed by atoms with van der Waals surface area (Å²) in [4.78, 5) is 2.36. The Hall–Kier alpha value is -1.51. The van der Waals surface area contributed by atoms with Gasteiger partial charge >= 0.3 is 0 Å². The molecular weight excluding hydrogens is 306 g/mol. The highest BCUT2D eigenvalue weighted by atomic mass is 35.5. The van der Waals surface area contributed by atoms with Crippen molar-refractivity contribution in [3.63, 3.8) is 0 Å². The Labute approximate surface area is 144 Å². The van der Waals surface area contributed by atoms with Crippen LogP contribution in [0.5, 0.6) is 5.75 Å². The summed E-state index contributed by atoms with van der Waals surface area (Å²) in [6.07, 6.45) is 3.86. The predicted octanol–water partition coefficient (Wildman–Crippen LogP) is 5.02. The van der Waals surface area contributed by atoms with Crippen LogP contribution in [-0.2, 0) is 6.54 Å². The number of ether oxygens (including phenoxy) is 1. The van der Waals surface area contributed by atoms with Crippen molar-refractivity contribution in [2.45, 2.75) is 31.9 Å². The van der Waals surface area contributed by atoms with E-state index in [2.05, 4.69) is 42.3 Å². The summed E-state index contributed by atoms with van der Waals surface area (Å²) in [7, 11) is 2.17. The number of nitrogens with zero attached hydrogens (tertiary/aromatic N) is 1. The van der Waals surface area contributed by atoms with Crippen molar-refractivity contribution < 1.29 is 4.74 Å². The minimum absolute atomic E-state index is 0.271. The Morgan fingerprint density at radius 3 is 2.48 bits per heavy atom. The second-order valence-electron chi connectivity index (χ2n) is 6.44. The molecule has 2 nitrogen and oxygen atoms in total. The van der Waals surface area contributed by atoms with Gasteiger partial charge in [0, 0.05) is 13.1 Å². The Morgan fingerprint density at radius 1 is 1.09 bits per heavy atom. The number of benzene rings is 2. The van der Waals surface area contributed by atoms with Crippen LogP contribution in [0.25, 0.3) is 0 Å². The molecule has 2 aromatic rings. The highest BCUT2D eigenvalue weighted by Gasteiger charge is 2.33. The number of halogens is 1. The average molecular weight is 330 g/mol. The maximum atomic E-state index is 6.23. The van der Waals surface area contributed by atoms with E-state index in [1.54, 1.807) is 0 Å². The third kappa shape index (κ3) is 4.98. The Morgan fingerprint density at radius 2 is 1.78 bits per heavy atom. The fraction of sp³-hybridized carbons (Fsp3) is 0.400. The lowest BCUT2D eigenvalue weighted by Crippen LogP contribution is -2.27. The molecule has 2 aromatic carbocycles. The van der Waals surface area contributed by atoms with Crippen LogP contribution in [0.4, 0.5) is 0 Å². The third-order valence-electron chi connectivity index (χ3n) is 4.35. The summed E-state index contributed by atoms with van der Waals surface area (Å²) < 4.78 is 6.21. The SMILES string of the molecule is CN(CCC(Oc1ccccc1Cl)C1CC1)Cc1ccccc1. The minimum atomic E-state index is 0.271. The molecule has 1 fully saturated rings. The van der Waals surface area contributed by atoms with Crippen molar-refractivity contribution in [2.75, 3.05) is 13.6 Å². The van der Waals surface area contributed by atoms with E-state index in [0.717, 1.165) is 25.3 Å². The van der Waals surface area contributed by atoms with Crippen LogP contribution in [0.15, 0.2) is 54.6 Å². The molecule has 0 saturated heterocycles. The van der Waals surface area contributed by atoms with Gasteiger partial charge in [0.15, 0.2) is 0 Å². The Kier molecular flexibility index (Phi) is 5.58. The highest BCUT2D eigenvalue weighted by Crippen LogP contribution is 2.37. The van der Waals surface area contributed by atoms with Crippen LogP contribution < -0.4 is 4.74 Å². The highest BCUT2D eigenvalue weighted by molar-refractivity contribution is 6.32. The van der Waals surface area contributed by atoms with Crippen molar-refractivity contribution in [1.29, 1.82) is 0 Å². The maximum absolute atomic E-state index is 6.23. The predicted molar refractivity (Wildman–Crippen MR) is 96.0 cm³/mol. The lowest BCUT2D eigenvalue weighted by atomic mass is 10.1. The van der Waals surface area contributed by atoms with Crippen molar-refractivity contribution in [3.05, 3.63) is 65.2 Å². The molecule has 0 spiro atoms. The summed E-state index contributed by atoms with van der Waals surface area (Å²) in [5, 5.41) is 0.704. The van der Waals surface area contributed by atoms with Gasteiger partial charge in [0.05, 0.1) is 5.02 Å². The minimum Gasteiger partial charge on any atom is -0.489 e. The number of para-hydroxylation sites is 1. The zero-order valence-corrected chi connectivity index (χ0v) is 14.4. The standard InChI is InChI=1S/C20H24ClNO/c1-22(15-16-7-3-2-4-8-16)14-13-19(17-11-12-17)23-20-10-6-5-9-18(20)21/h2-10,17,19H,11-15H2,1H3. The second-order valence-corrected chi connectivity index (χ2v) is 6.84. The second kappa shape index (κ2) is 7.85. The number of hydrogen-bond donors (Lipinski definition) is 0. The van der Waals surface area contributed by atoms with E-state index in [-0.39, 0.29) is 6.10 Å². The molecule has 0 N–H and O–H groups in total. The summed E-state index contributed by atoms with van der Waals surface area (Å²) in [6.45, 7) is 2.00. The van der Waals surface area contributed by atoms with Crippen LogP contribution in [0.2, 0.25) is 5.02 Å². The van der Waals surface area contributed by atoms with Gasteiger partial charge in [-0.2, -0.15) is 0 Å². The maximum Gasteiger partial charge on any atom is 0.138 e. The molecule has 1 unspecified atom stereocenters. The molecule has 1 aliphatic carbocycles. The van der Waals surface area contributed by atoms with E-state index in [1.807, 2.05) is 24.3 Å². The molecule has 0 heterocycles. The quantitative estimate of drug-likeness (QED) is 0.674. The molecule has 3 heteroatoms. The summed E-state index contributed by atoms with van der Waals surface area (Å²) in [6, 6.07) is 18.4. The number of hydrogen-bond acceptors (Lipinski definition) is 2. The normalized spacial score (nSPS) is 15.6. The molecule has 1 atom stereocenters. The van der Waals surface area contributed by atoms with Crippen LogP contribution in [-0.4, -0.2) is 24.6 Å². The topological polar surface area (TPSA) is 12.5 Å². The summed E-state index contributed by atoms with van der Waals surface area (Å²) in [5.41, 5.74) is 1.35.